The summed E-state index contributed by atoms with van der Waals surface area (Å²) in [7, 11) is -1.28. The van der Waals surface area contributed by atoms with Gasteiger partial charge < -0.3 is 5.32 Å². The van der Waals surface area contributed by atoms with Gasteiger partial charge >= 0.3 is 5.69 Å². The lowest BCUT2D eigenvalue weighted by Gasteiger charge is -2.10. The number of hydrogen-bond acceptors (Lipinski definition) is 6. The van der Waals surface area contributed by atoms with Crippen LogP contribution in [0.4, 0.5) is 11.5 Å². The molecule has 2 heterocycles. The van der Waals surface area contributed by atoms with Crippen molar-refractivity contribution < 1.29 is 13.3 Å². The number of nitro groups is 1. The van der Waals surface area contributed by atoms with E-state index >= 15 is 0 Å². The number of nitrogens with zero attached hydrogens (tertiary/aromatic N) is 3. The van der Waals surface area contributed by atoms with Gasteiger partial charge in [0.15, 0.2) is 9.84 Å². The molecule has 0 radical (unpaired) electrons. The molecule has 0 bridgehead atoms. The molecule has 0 aromatic carbocycles. The Kier molecular flexibility index (Phi) is 4.50. The fourth-order valence-corrected chi connectivity index (χ4v) is 4.50. The maximum atomic E-state index is 11.4. The first-order valence-electron chi connectivity index (χ1n) is 6.98. The predicted octanol–water partition coefficient (Wildman–Crippen LogP) is 1.13. The Hall–Kier alpha value is -1.64. The first kappa shape index (κ1) is 15.7. The molecule has 0 aliphatic carbocycles. The number of aryl methyl sites for hydroxylation is 2. The van der Waals surface area contributed by atoms with Gasteiger partial charge in [-0.15, -0.1) is 0 Å². The second kappa shape index (κ2) is 6.00. The zero-order chi connectivity index (χ0) is 15.6. The summed E-state index contributed by atoms with van der Waals surface area (Å²) < 4.78 is 24.3. The van der Waals surface area contributed by atoms with Gasteiger partial charge in [-0.1, -0.05) is 13.3 Å². The number of anilines is 1. The summed E-state index contributed by atoms with van der Waals surface area (Å²) in [4.78, 5) is 10.8. The third-order valence-electron chi connectivity index (χ3n) is 3.65. The third-order valence-corrected chi connectivity index (χ3v) is 5.48. The average Bonchev–Trinajstić information content (AvgIpc) is 2.87. The van der Waals surface area contributed by atoms with Crippen LogP contribution in [0.25, 0.3) is 0 Å². The van der Waals surface area contributed by atoms with Crippen molar-refractivity contribution >= 4 is 21.3 Å². The van der Waals surface area contributed by atoms with Gasteiger partial charge in [0.25, 0.3) is 0 Å². The maximum Gasteiger partial charge on any atom is 0.333 e. The molecule has 1 fully saturated rings. The molecule has 2 rings (SSSR count). The number of nitrogens with one attached hydrogen (secondary N) is 1. The molecule has 1 atom stereocenters. The van der Waals surface area contributed by atoms with Crippen molar-refractivity contribution in [1.29, 1.82) is 0 Å². The monoisotopic (exact) mass is 316 g/mol. The molecule has 1 unspecified atom stereocenters. The molecule has 1 aromatic heterocycles. The molecular formula is C12H20N4O4S. The van der Waals surface area contributed by atoms with Crippen molar-refractivity contribution in [3.63, 3.8) is 0 Å². The Labute approximate surface area is 123 Å². The molecule has 8 nitrogen and oxygen atoms in total. The maximum absolute atomic E-state index is 11.4. The van der Waals surface area contributed by atoms with Gasteiger partial charge in [-0.05, 0) is 18.8 Å². The highest BCUT2D eigenvalue weighted by Gasteiger charge is 2.30. The molecule has 1 N–H and O–H groups in total. The Morgan fingerprint density at radius 2 is 2.24 bits per heavy atom. The zero-order valence-electron chi connectivity index (χ0n) is 12.2. The zero-order valence-corrected chi connectivity index (χ0v) is 13.0. The van der Waals surface area contributed by atoms with E-state index < -0.39 is 14.8 Å². The largest absolute Gasteiger partial charge is 0.364 e. The lowest BCUT2D eigenvalue weighted by atomic mass is 10.1. The van der Waals surface area contributed by atoms with E-state index in [-0.39, 0.29) is 23.1 Å². The van der Waals surface area contributed by atoms with Gasteiger partial charge in [0.2, 0.25) is 5.82 Å². The molecule has 9 heteroatoms. The summed E-state index contributed by atoms with van der Waals surface area (Å²) in [5, 5.41) is 18.5. The Morgan fingerprint density at radius 3 is 2.76 bits per heavy atom. The highest BCUT2D eigenvalue weighted by molar-refractivity contribution is 7.91. The summed E-state index contributed by atoms with van der Waals surface area (Å²) in [6.07, 6.45) is 1.92. The van der Waals surface area contributed by atoms with Crippen LogP contribution in [0.3, 0.4) is 0 Å². The molecule has 118 valence electrons. The normalized spacial score (nSPS) is 20.6. The summed E-state index contributed by atoms with van der Waals surface area (Å²) >= 11 is 0. The van der Waals surface area contributed by atoms with Crippen molar-refractivity contribution in [3.05, 3.63) is 15.8 Å². The van der Waals surface area contributed by atoms with Crippen molar-refractivity contribution in [2.24, 2.45) is 13.0 Å². The van der Waals surface area contributed by atoms with E-state index in [2.05, 4.69) is 10.4 Å². The predicted molar refractivity (Wildman–Crippen MR) is 79.1 cm³/mol. The number of sulfone groups is 1. The first-order valence-corrected chi connectivity index (χ1v) is 8.80. The molecule has 1 saturated heterocycles. The van der Waals surface area contributed by atoms with Gasteiger partial charge in [0.1, 0.15) is 5.69 Å². The third kappa shape index (κ3) is 3.52. The van der Waals surface area contributed by atoms with Crippen LogP contribution in [-0.2, 0) is 23.3 Å². The summed E-state index contributed by atoms with van der Waals surface area (Å²) in [5.74, 6) is 0.702. The number of aromatic nitrogens is 2. The molecule has 0 spiro atoms. The quantitative estimate of drug-likeness (QED) is 0.622. The Bertz CT molecular complexity index is 638. The molecule has 0 saturated carbocycles. The van der Waals surface area contributed by atoms with E-state index in [4.69, 9.17) is 0 Å². The lowest BCUT2D eigenvalue weighted by Crippen LogP contribution is -2.17. The van der Waals surface area contributed by atoms with Crippen LogP contribution in [0.2, 0.25) is 0 Å². The molecule has 1 aliphatic rings. The fourth-order valence-electron chi connectivity index (χ4n) is 2.64. The van der Waals surface area contributed by atoms with E-state index in [0.29, 0.717) is 30.9 Å². The van der Waals surface area contributed by atoms with Crippen molar-refractivity contribution in [2.45, 2.75) is 26.2 Å². The van der Waals surface area contributed by atoms with Crippen LogP contribution in [0.5, 0.6) is 0 Å². The highest BCUT2D eigenvalue weighted by Crippen LogP contribution is 2.29. The Balaban J connectivity index is 2.14. The molecular weight excluding hydrogens is 296 g/mol. The van der Waals surface area contributed by atoms with Gasteiger partial charge in [-0.2, -0.15) is 5.10 Å². The average molecular weight is 316 g/mol. The smallest absolute Gasteiger partial charge is 0.333 e. The minimum Gasteiger partial charge on any atom is -0.364 e. The topological polar surface area (TPSA) is 107 Å². The molecule has 0 amide bonds. The van der Waals surface area contributed by atoms with E-state index in [1.54, 1.807) is 7.05 Å². The van der Waals surface area contributed by atoms with Crippen LogP contribution in [0.1, 0.15) is 25.5 Å². The lowest BCUT2D eigenvalue weighted by molar-refractivity contribution is -0.384. The van der Waals surface area contributed by atoms with Gasteiger partial charge in [-0.3, -0.25) is 10.1 Å². The number of hydrogen-bond donors (Lipinski definition) is 1. The Morgan fingerprint density at radius 1 is 1.52 bits per heavy atom. The number of rotatable bonds is 6. The summed E-state index contributed by atoms with van der Waals surface area (Å²) in [5.41, 5.74) is 0.465. The van der Waals surface area contributed by atoms with Crippen LogP contribution in [0, 0.1) is 16.0 Å². The van der Waals surface area contributed by atoms with E-state index in [1.807, 2.05) is 6.92 Å². The fraction of sp³-hybridized carbons (Fsp3) is 0.750. The summed E-state index contributed by atoms with van der Waals surface area (Å²) in [6.45, 7) is 2.35. The van der Waals surface area contributed by atoms with E-state index in [0.717, 1.165) is 6.42 Å². The standard InChI is InChI=1S/C12H20N4O4S/c1-3-4-10-11(16(17)18)12(15(2)14-10)13-7-9-5-6-21(19,20)8-9/h9,13H,3-8H2,1-2H3. The minimum absolute atomic E-state index is 0.000189. The van der Waals surface area contributed by atoms with Crippen molar-refractivity contribution in [2.75, 3.05) is 23.4 Å². The SMILES string of the molecule is CCCc1nn(C)c(NCC2CCS(=O)(=O)C2)c1[N+](=O)[O-]. The second-order valence-electron chi connectivity index (χ2n) is 5.42. The summed E-state index contributed by atoms with van der Waals surface area (Å²) in [6, 6.07) is 0. The second-order valence-corrected chi connectivity index (χ2v) is 7.65. The van der Waals surface area contributed by atoms with E-state index in [9.17, 15) is 18.5 Å². The van der Waals surface area contributed by atoms with Crippen LogP contribution >= 0.6 is 0 Å². The van der Waals surface area contributed by atoms with Crippen molar-refractivity contribution in [1.82, 2.24) is 9.78 Å². The van der Waals surface area contributed by atoms with Crippen LogP contribution in [0.15, 0.2) is 0 Å². The van der Waals surface area contributed by atoms with Gasteiger partial charge in [0, 0.05) is 13.6 Å². The molecule has 21 heavy (non-hydrogen) atoms. The molecule has 1 aromatic rings. The molecule has 1 aliphatic heterocycles. The van der Waals surface area contributed by atoms with E-state index in [1.165, 1.54) is 4.68 Å². The highest BCUT2D eigenvalue weighted by atomic mass is 32.2. The minimum atomic E-state index is -2.94. The van der Waals surface area contributed by atoms with Crippen LogP contribution < -0.4 is 5.32 Å². The van der Waals surface area contributed by atoms with Gasteiger partial charge in [0.05, 0.1) is 16.4 Å². The first-order chi connectivity index (χ1) is 9.84. The van der Waals surface area contributed by atoms with Crippen LogP contribution in [-0.4, -0.2) is 41.2 Å². The van der Waals surface area contributed by atoms with Crippen molar-refractivity contribution in [3.8, 4) is 0 Å². The van der Waals surface area contributed by atoms with Gasteiger partial charge in [-0.25, -0.2) is 13.1 Å².